The van der Waals surface area contributed by atoms with E-state index in [2.05, 4.69) is 26.4 Å². The topological polar surface area (TPSA) is 52.0 Å². The Morgan fingerprint density at radius 2 is 1.79 bits per heavy atom. The summed E-state index contributed by atoms with van der Waals surface area (Å²) >= 11 is 0. The van der Waals surface area contributed by atoms with Crippen molar-refractivity contribution in [2.75, 3.05) is 11.9 Å². The van der Waals surface area contributed by atoms with Gasteiger partial charge in [0.15, 0.2) is 0 Å². The molecule has 0 unspecified atom stereocenters. The van der Waals surface area contributed by atoms with Crippen molar-refractivity contribution in [3.63, 3.8) is 0 Å². The Labute approximate surface area is 167 Å². The molecule has 1 aromatic carbocycles. The minimum atomic E-state index is 0.759. The summed E-state index contributed by atoms with van der Waals surface area (Å²) in [6, 6.07) is 13.7. The van der Waals surface area contributed by atoms with E-state index >= 15 is 0 Å². The number of anilines is 1. The number of nitrogens with zero attached hydrogens (tertiary/aromatic N) is 3. The molecule has 3 rings (SSSR count). The van der Waals surface area contributed by atoms with Crippen LogP contribution < -0.4 is 10.1 Å². The summed E-state index contributed by atoms with van der Waals surface area (Å²) < 4.78 is 7.97. The van der Waals surface area contributed by atoms with Crippen LogP contribution in [0.1, 0.15) is 37.8 Å². The summed E-state index contributed by atoms with van der Waals surface area (Å²) in [5.74, 6) is 0.897. The smallest absolute Gasteiger partial charge is 0.119 e. The summed E-state index contributed by atoms with van der Waals surface area (Å²) in [6.45, 7) is 5.86. The van der Waals surface area contributed by atoms with Gasteiger partial charge >= 0.3 is 0 Å². The summed E-state index contributed by atoms with van der Waals surface area (Å²) in [5.41, 5.74) is 2.59. The quantitative estimate of drug-likeness (QED) is 0.431. The van der Waals surface area contributed by atoms with E-state index in [1.54, 1.807) is 6.20 Å². The molecule has 146 valence electrons. The van der Waals surface area contributed by atoms with Crippen molar-refractivity contribution < 1.29 is 4.74 Å². The first-order valence-electron chi connectivity index (χ1n) is 9.87. The minimum Gasteiger partial charge on any atom is -0.494 e. The number of aromatic nitrogens is 3. The van der Waals surface area contributed by atoms with Crippen LogP contribution in [0.25, 0.3) is 5.70 Å². The molecule has 0 fully saturated rings. The molecular weight excluding hydrogens is 348 g/mol. The molecule has 1 N–H and O–H groups in total. The van der Waals surface area contributed by atoms with Crippen LogP contribution in [0.4, 0.5) is 5.69 Å². The van der Waals surface area contributed by atoms with E-state index in [0.29, 0.717) is 0 Å². The van der Waals surface area contributed by atoms with E-state index in [1.807, 2.05) is 61.2 Å². The summed E-state index contributed by atoms with van der Waals surface area (Å²) in [7, 11) is 0. The number of hydrogen-bond acceptors (Lipinski definition) is 4. The second-order valence-electron chi connectivity index (χ2n) is 6.76. The van der Waals surface area contributed by atoms with E-state index in [-0.39, 0.29) is 0 Å². The molecule has 5 heteroatoms. The number of hydrogen-bond donors (Lipinski definition) is 1. The highest BCUT2D eigenvalue weighted by Gasteiger charge is 2.01. The van der Waals surface area contributed by atoms with Crippen LogP contribution >= 0.6 is 0 Å². The van der Waals surface area contributed by atoms with Gasteiger partial charge in [0.05, 0.1) is 24.3 Å². The Hall–Kier alpha value is -3.08. The zero-order chi connectivity index (χ0) is 19.4. The Morgan fingerprint density at radius 1 is 0.964 bits per heavy atom. The predicted molar refractivity (Wildman–Crippen MR) is 114 cm³/mol. The van der Waals surface area contributed by atoms with Crippen LogP contribution in [-0.4, -0.2) is 21.1 Å². The van der Waals surface area contributed by atoms with Crippen LogP contribution in [0.2, 0.25) is 0 Å². The van der Waals surface area contributed by atoms with Gasteiger partial charge in [-0.15, -0.1) is 0 Å². The van der Waals surface area contributed by atoms with Crippen molar-refractivity contribution in [1.82, 2.24) is 14.5 Å². The molecule has 0 aliphatic heterocycles. The Kier molecular flexibility index (Phi) is 7.67. The molecule has 0 spiro atoms. The third-order valence-corrected chi connectivity index (χ3v) is 4.51. The highest BCUT2D eigenvalue weighted by molar-refractivity contribution is 5.73. The molecule has 0 aliphatic rings. The van der Waals surface area contributed by atoms with Gasteiger partial charge in [0.2, 0.25) is 0 Å². The van der Waals surface area contributed by atoms with E-state index in [9.17, 15) is 0 Å². The fraction of sp³-hybridized carbons (Fsp3) is 0.304. The molecule has 0 atom stereocenters. The number of benzene rings is 1. The Morgan fingerprint density at radius 3 is 2.54 bits per heavy atom. The lowest BCUT2D eigenvalue weighted by molar-refractivity contribution is 0.304. The second-order valence-corrected chi connectivity index (χ2v) is 6.76. The van der Waals surface area contributed by atoms with E-state index in [0.717, 1.165) is 42.4 Å². The van der Waals surface area contributed by atoms with Gasteiger partial charge in [-0.2, -0.15) is 0 Å². The molecule has 0 amide bonds. The van der Waals surface area contributed by atoms with Gasteiger partial charge in [-0.3, -0.25) is 4.98 Å². The van der Waals surface area contributed by atoms with Crippen molar-refractivity contribution in [2.45, 2.75) is 38.6 Å². The standard InChI is InChI=1S/C23H28N4O/c1-20(23-9-5-6-14-25-23)26-21-10-12-22(13-11-21)28-18-8-4-2-3-7-16-27-17-15-24-19-27/h5-6,9-15,17,19,26H,1-4,7-8,16,18H2. The Balaban J connectivity index is 1.27. The first-order chi connectivity index (χ1) is 13.8. The SMILES string of the molecule is C=C(Nc1ccc(OCCCCCCCn2ccnc2)cc1)c1ccccn1. The molecule has 0 saturated heterocycles. The lowest BCUT2D eigenvalue weighted by Gasteiger charge is -2.10. The van der Waals surface area contributed by atoms with E-state index in [1.165, 1.54) is 25.7 Å². The third-order valence-electron chi connectivity index (χ3n) is 4.51. The maximum absolute atomic E-state index is 5.84. The molecule has 28 heavy (non-hydrogen) atoms. The lowest BCUT2D eigenvalue weighted by atomic mass is 10.1. The van der Waals surface area contributed by atoms with Crippen molar-refractivity contribution in [3.8, 4) is 5.75 Å². The Bertz CT molecular complexity index is 814. The number of aryl methyl sites for hydroxylation is 1. The van der Waals surface area contributed by atoms with E-state index in [4.69, 9.17) is 4.74 Å². The van der Waals surface area contributed by atoms with Crippen molar-refractivity contribution >= 4 is 11.4 Å². The third kappa shape index (κ3) is 6.58. The molecular formula is C23H28N4O. The average molecular weight is 377 g/mol. The molecule has 5 nitrogen and oxygen atoms in total. The second kappa shape index (κ2) is 10.9. The molecule has 2 heterocycles. The molecule has 0 radical (unpaired) electrons. The predicted octanol–water partition coefficient (Wildman–Crippen LogP) is 5.39. The normalized spacial score (nSPS) is 10.6. The number of unbranched alkanes of at least 4 members (excludes halogenated alkanes) is 4. The van der Waals surface area contributed by atoms with Gasteiger partial charge in [-0.1, -0.05) is 31.9 Å². The summed E-state index contributed by atoms with van der Waals surface area (Å²) in [4.78, 5) is 8.35. The van der Waals surface area contributed by atoms with E-state index < -0.39 is 0 Å². The van der Waals surface area contributed by atoms with Crippen LogP contribution in [0, 0.1) is 0 Å². The molecule has 3 aromatic rings. The number of nitrogens with one attached hydrogen (secondary N) is 1. The van der Waals surface area contributed by atoms with Crippen LogP contribution in [0.5, 0.6) is 5.75 Å². The molecule has 0 aliphatic carbocycles. The first-order valence-corrected chi connectivity index (χ1v) is 9.87. The zero-order valence-corrected chi connectivity index (χ0v) is 16.3. The van der Waals surface area contributed by atoms with Crippen molar-refractivity contribution in [1.29, 1.82) is 0 Å². The zero-order valence-electron chi connectivity index (χ0n) is 16.3. The van der Waals surface area contributed by atoms with Gasteiger partial charge in [-0.25, -0.2) is 4.98 Å². The van der Waals surface area contributed by atoms with Crippen LogP contribution in [0.3, 0.4) is 0 Å². The number of rotatable bonds is 12. The highest BCUT2D eigenvalue weighted by Crippen LogP contribution is 2.19. The maximum Gasteiger partial charge on any atom is 0.119 e. The van der Waals surface area contributed by atoms with Crippen molar-refractivity contribution in [2.24, 2.45) is 0 Å². The monoisotopic (exact) mass is 376 g/mol. The maximum atomic E-state index is 5.84. The minimum absolute atomic E-state index is 0.759. The summed E-state index contributed by atoms with van der Waals surface area (Å²) in [5, 5.41) is 3.27. The largest absolute Gasteiger partial charge is 0.494 e. The van der Waals surface area contributed by atoms with Crippen molar-refractivity contribution in [3.05, 3.63) is 79.7 Å². The van der Waals surface area contributed by atoms with Gasteiger partial charge < -0.3 is 14.6 Å². The average Bonchev–Trinajstić information content (AvgIpc) is 3.25. The van der Waals surface area contributed by atoms with Crippen LogP contribution in [0.15, 0.2) is 74.0 Å². The molecule has 0 saturated carbocycles. The lowest BCUT2D eigenvalue weighted by Crippen LogP contribution is -2.00. The molecule has 0 bridgehead atoms. The molecule has 2 aromatic heterocycles. The summed E-state index contributed by atoms with van der Waals surface area (Å²) in [6.07, 6.45) is 13.5. The highest BCUT2D eigenvalue weighted by atomic mass is 16.5. The number of pyridine rings is 1. The number of imidazole rings is 1. The van der Waals surface area contributed by atoms with Gasteiger partial charge in [0.25, 0.3) is 0 Å². The van der Waals surface area contributed by atoms with Gasteiger partial charge in [-0.05, 0) is 49.2 Å². The van der Waals surface area contributed by atoms with Crippen LogP contribution in [-0.2, 0) is 6.54 Å². The first kappa shape index (κ1) is 19.7. The fourth-order valence-corrected chi connectivity index (χ4v) is 2.95. The number of ether oxygens (including phenoxy) is 1. The van der Waals surface area contributed by atoms with Gasteiger partial charge in [0, 0.05) is 30.8 Å². The fourth-order valence-electron chi connectivity index (χ4n) is 2.95. The van der Waals surface area contributed by atoms with Gasteiger partial charge in [0.1, 0.15) is 5.75 Å².